The topological polar surface area (TPSA) is 38.1 Å². The van der Waals surface area contributed by atoms with Crippen LogP contribution in [0, 0.1) is 5.92 Å². The van der Waals surface area contributed by atoms with Gasteiger partial charge in [-0.25, -0.2) is 4.98 Å². The van der Waals surface area contributed by atoms with E-state index < -0.39 is 0 Å². The van der Waals surface area contributed by atoms with Crippen molar-refractivity contribution >= 4 is 16.8 Å². The molecule has 3 rings (SSSR count). The van der Waals surface area contributed by atoms with Crippen molar-refractivity contribution < 1.29 is 4.42 Å². The Hall–Kier alpha value is -1.51. The number of hydrogen-bond donors (Lipinski definition) is 1. The van der Waals surface area contributed by atoms with Crippen LogP contribution in [0.4, 0.5) is 5.82 Å². The van der Waals surface area contributed by atoms with Gasteiger partial charge in [0.25, 0.3) is 0 Å². The Morgan fingerprint density at radius 3 is 3.07 bits per heavy atom. The third kappa shape index (κ3) is 1.48. The molecular formula is C12H14N2O. The Morgan fingerprint density at radius 1 is 1.40 bits per heavy atom. The molecule has 1 aliphatic rings. The highest BCUT2D eigenvalue weighted by Gasteiger charge is 2.25. The molecule has 0 unspecified atom stereocenters. The molecule has 0 saturated heterocycles. The summed E-state index contributed by atoms with van der Waals surface area (Å²) in [6, 6.07) is 4.45. The van der Waals surface area contributed by atoms with Gasteiger partial charge in [0.1, 0.15) is 11.4 Å². The second-order valence-electron chi connectivity index (χ2n) is 4.41. The lowest BCUT2D eigenvalue weighted by Gasteiger charge is -2.33. The Labute approximate surface area is 88.5 Å². The van der Waals surface area contributed by atoms with Crippen LogP contribution >= 0.6 is 0 Å². The van der Waals surface area contributed by atoms with Gasteiger partial charge >= 0.3 is 0 Å². The minimum atomic E-state index is 0.591. The number of hydrogen-bond acceptors (Lipinski definition) is 3. The maximum absolute atomic E-state index is 5.33. The molecule has 0 radical (unpaired) electrons. The molecule has 3 heteroatoms. The van der Waals surface area contributed by atoms with E-state index in [4.69, 9.17) is 4.42 Å². The van der Waals surface area contributed by atoms with Crippen LogP contribution in [0.3, 0.4) is 0 Å². The first-order valence-electron chi connectivity index (χ1n) is 5.41. The third-order valence-electron chi connectivity index (χ3n) is 3.09. The summed E-state index contributed by atoms with van der Waals surface area (Å²) in [7, 11) is 0. The van der Waals surface area contributed by atoms with Gasteiger partial charge in [-0.3, -0.25) is 0 Å². The van der Waals surface area contributed by atoms with Gasteiger partial charge in [-0.15, -0.1) is 0 Å². The molecule has 1 saturated carbocycles. The number of fused-ring (bicyclic) bond motifs is 1. The number of rotatable bonds is 2. The number of nitrogens with zero attached hydrogens (tertiary/aromatic N) is 1. The standard InChI is InChI=1S/C12H14N2O/c1-8-6-9(7-8)14-12-10-3-5-15-11(10)2-4-13-12/h2-5,8-9H,6-7H2,1H3,(H,13,14). The smallest absolute Gasteiger partial charge is 0.139 e. The van der Waals surface area contributed by atoms with Crippen molar-refractivity contribution in [1.29, 1.82) is 0 Å². The van der Waals surface area contributed by atoms with Gasteiger partial charge in [0.15, 0.2) is 0 Å². The van der Waals surface area contributed by atoms with Crippen molar-refractivity contribution in [3.8, 4) is 0 Å². The summed E-state index contributed by atoms with van der Waals surface area (Å²) < 4.78 is 5.33. The maximum atomic E-state index is 5.33. The third-order valence-corrected chi connectivity index (χ3v) is 3.09. The van der Waals surface area contributed by atoms with Crippen molar-refractivity contribution in [1.82, 2.24) is 4.98 Å². The van der Waals surface area contributed by atoms with E-state index in [0.29, 0.717) is 6.04 Å². The molecule has 78 valence electrons. The second-order valence-corrected chi connectivity index (χ2v) is 4.41. The highest BCUT2D eigenvalue weighted by Crippen LogP contribution is 2.31. The van der Waals surface area contributed by atoms with E-state index in [9.17, 15) is 0 Å². The molecule has 0 aliphatic heterocycles. The predicted octanol–water partition coefficient (Wildman–Crippen LogP) is 3.04. The number of aromatic nitrogens is 1. The summed E-state index contributed by atoms with van der Waals surface area (Å²) in [5.41, 5.74) is 0.903. The zero-order valence-electron chi connectivity index (χ0n) is 8.73. The zero-order chi connectivity index (χ0) is 10.3. The summed E-state index contributed by atoms with van der Waals surface area (Å²) in [4.78, 5) is 4.35. The van der Waals surface area contributed by atoms with Crippen LogP contribution in [-0.4, -0.2) is 11.0 Å². The molecule has 1 fully saturated rings. The summed E-state index contributed by atoms with van der Waals surface area (Å²) in [6.07, 6.45) is 5.99. The van der Waals surface area contributed by atoms with E-state index in [-0.39, 0.29) is 0 Å². The van der Waals surface area contributed by atoms with E-state index in [1.165, 1.54) is 12.8 Å². The Kier molecular flexibility index (Phi) is 1.91. The Morgan fingerprint density at radius 2 is 2.27 bits per heavy atom. The lowest BCUT2D eigenvalue weighted by molar-refractivity contribution is 0.309. The van der Waals surface area contributed by atoms with E-state index >= 15 is 0 Å². The average molecular weight is 202 g/mol. The molecule has 0 spiro atoms. The van der Waals surface area contributed by atoms with Gasteiger partial charge in [-0.1, -0.05) is 6.92 Å². The molecule has 0 amide bonds. The lowest BCUT2D eigenvalue weighted by atomic mass is 9.82. The first-order chi connectivity index (χ1) is 7.33. The second kappa shape index (κ2) is 3.26. The highest BCUT2D eigenvalue weighted by atomic mass is 16.3. The van der Waals surface area contributed by atoms with Gasteiger partial charge in [0, 0.05) is 12.2 Å². The van der Waals surface area contributed by atoms with Crippen LogP contribution in [0.2, 0.25) is 0 Å². The molecule has 0 aromatic carbocycles. The summed E-state index contributed by atoms with van der Waals surface area (Å²) in [6.45, 7) is 2.28. The van der Waals surface area contributed by atoms with Crippen LogP contribution in [-0.2, 0) is 0 Å². The summed E-state index contributed by atoms with van der Waals surface area (Å²) >= 11 is 0. The molecule has 2 heterocycles. The number of furan rings is 1. The Balaban J connectivity index is 1.87. The minimum Gasteiger partial charge on any atom is -0.464 e. The molecule has 15 heavy (non-hydrogen) atoms. The lowest BCUT2D eigenvalue weighted by Crippen LogP contribution is -2.34. The van der Waals surface area contributed by atoms with Gasteiger partial charge in [-0.2, -0.15) is 0 Å². The summed E-state index contributed by atoms with van der Waals surface area (Å²) in [5.74, 6) is 1.81. The van der Waals surface area contributed by atoms with E-state index in [1.807, 2.05) is 12.1 Å². The Bertz CT molecular complexity index is 471. The van der Waals surface area contributed by atoms with Gasteiger partial charge in [0.05, 0.1) is 11.6 Å². The maximum Gasteiger partial charge on any atom is 0.139 e. The number of anilines is 1. The van der Waals surface area contributed by atoms with E-state index in [1.54, 1.807) is 12.5 Å². The van der Waals surface area contributed by atoms with Crippen molar-refractivity contribution in [2.24, 2.45) is 5.92 Å². The molecule has 3 nitrogen and oxygen atoms in total. The fraction of sp³-hybridized carbons (Fsp3) is 0.417. The first kappa shape index (κ1) is 8.77. The normalized spacial score (nSPS) is 25.1. The molecule has 2 aromatic heterocycles. The number of nitrogens with one attached hydrogen (secondary N) is 1. The first-order valence-corrected chi connectivity index (χ1v) is 5.41. The molecule has 2 aromatic rings. The van der Waals surface area contributed by atoms with Crippen LogP contribution < -0.4 is 5.32 Å². The fourth-order valence-corrected chi connectivity index (χ4v) is 2.22. The van der Waals surface area contributed by atoms with Gasteiger partial charge in [-0.05, 0) is 30.9 Å². The van der Waals surface area contributed by atoms with Crippen LogP contribution in [0.15, 0.2) is 29.0 Å². The van der Waals surface area contributed by atoms with Crippen molar-refractivity contribution in [2.75, 3.05) is 5.32 Å². The van der Waals surface area contributed by atoms with Gasteiger partial charge in [0.2, 0.25) is 0 Å². The molecule has 1 aliphatic carbocycles. The van der Waals surface area contributed by atoms with E-state index in [0.717, 1.165) is 22.7 Å². The number of pyridine rings is 1. The molecule has 1 N–H and O–H groups in total. The average Bonchev–Trinajstić information content (AvgIpc) is 2.64. The quantitative estimate of drug-likeness (QED) is 0.813. The monoisotopic (exact) mass is 202 g/mol. The molecule has 0 bridgehead atoms. The van der Waals surface area contributed by atoms with Crippen LogP contribution in [0.5, 0.6) is 0 Å². The van der Waals surface area contributed by atoms with Crippen LogP contribution in [0.1, 0.15) is 19.8 Å². The fourth-order valence-electron chi connectivity index (χ4n) is 2.22. The SMILES string of the molecule is CC1CC(Nc2nccc3occc23)C1. The van der Waals surface area contributed by atoms with Crippen molar-refractivity contribution in [3.05, 3.63) is 24.6 Å². The highest BCUT2D eigenvalue weighted by molar-refractivity contribution is 5.87. The van der Waals surface area contributed by atoms with Crippen molar-refractivity contribution in [3.63, 3.8) is 0 Å². The van der Waals surface area contributed by atoms with Crippen LogP contribution in [0.25, 0.3) is 11.0 Å². The molecular weight excluding hydrogens is 188 g/mol. The predicted molar refractivity (Wildman–Crippen MR) is 59.8 cm³/mol. The zero-order valence-corrected chi connectivity index (χ0v) is 8.73. The van der Waals surface area contributed by atoms with Gasteiger partial charge < -0.3 is 9.73 Å². The van der Waals surface area contributed by atoms with Crippen molar-refractivity contribution in [2.45, 2.75) is 25.8 Å². The van der Waals surface area contributed by atoms with E-state index in [2.05, 4.69) is 17.2 Å². The largest absolute Gasteiger partial charge is 0.464 e. The minimum absolute atomic E-state index is 0.591. The summed E-state index contributed by atoms with van der Waals surface area (Å²) in [5, 5.41) is 4.55. The molecule has 0 atom stereocenters.